The van der Waals surface area contributed by atoms with Crippen LogP contribution < -0.4 is 4.74 Å². The van der Waals surface area contributed by atoms with Gasteiger partial charge in [0.2, 0.25) is 5.88 Å². The molecule has 0 saturated carbocycles. The van der Waals surface area contributed by atoms with E-state index < -0.39 is 0 Å². The molecule has 1 aromatic heterocycles. The van der Waals surface area contributed by atoms with Gasteiger partial charge in [-0.1, -0.05) is 17.7 Å². The van der Waals surface area contributed by atoms with Gasteiger partial charge >= 0.3 is 0 Å². The average Bonchev–Trinajstić information content (AvgIpc) is 2.34. The van der Waals surface area contributed by atoms with Crippen molar-refractivity contribution in [3.05, 3.63) is 51.6 Å². The van der Waals surface area contributed by atoms with E-state index in [-0.39, 0.29) is 0 Å². The number of aromatic nitrogens is 1. The number of benzene rings is 1. The molecule has 2 aromatic rings. The predicted octanol–water partition coefficient (Wildman–Crippen LogP) is 4.99. The SMILES string of the molecule is Cc1ccc(Oc2ncc(Br)cc2CCl)c(C)c1. The molecule has 1 aromatic carbocycles. The zero-order chi connectivity index (χ0) is 13.1. The quantitative estimate of drug-likeness (QED) is 0.741. The second kappa shape index (κ2) is 5.72. The molecule has 0 amide bonds. The van der Waals surface area contributed by atoms with Crippen LogP contribution in [0.3, 0.4) is 0 Å². The highest BCUT2D eigenvalue weighted by molar-refractivity contribution is 9.10. The van der Waals surface area contributed by atoms with Crippen LogP contribution in [-0.2, 0) is 5.88 Å². The summed E-state index contributed by atoms with van der Waals surface area (Å²) in [6.45, 7) is 4.07. The smallest absolute Gasteiger partial charge is 0.223 e. The lowest BCUT2D eigenvalue weighted by atomic mass is 10.1. The molecule has 0 saturated heterocycles. The first-order valence-electron chi connectivity index (χ1n) is 5.55. The van der Waals surface area contributed by atoms with Gasteiger partial charge in [-0.25, -0.2) is 4.98 Å². The molecule has 94 valence electrons. The second-order valence-electron chi connectivity index (χ2n) is 4.12. The monoisotopic (exact) mass is 325 g/mol. The van der Waals surface area contributed by atoms with Gasteiger partial charge in [-0.3, -0.25) is 0 Å². The van der Waals surface area contributed by atoms with Crippen molar-refractivity contribution in [2.45, 2.75) is 19.7 Å². The number of hydrogen-bond donors (Lipinski definition) is 0. The van der Waals surface area contributed by atoms with E-state index >= 15 is 0 Å². The maximum absolute atomic E-state index is 5.89. The third-order valence-electron chi connectivity index (χ3n) is 2.57. The van der Waals surface area contributed by atoms with Crippen LogP contribution in [-0.4, -0.2) is 4.98 Å². The van der Waals surface area contributed by atoms with E-state index in [9.17, 15) is 0 Å². The fraction of sp³-hybridized carbons (Fsp3) is 0.214. The summed E-state index contributed by atoms with van der Waals surface area (Å²) in [4.78, 5) is 4.25. The highest BCUT2D eigenvalue weighted by Gasteiger charge is 2.08. The lowest BCUT2D eigenvalue weighted by Gasteiger charge is -2.11. The zero-order valence-electron chi connectivity index (χ0n) is 10.2. The Morgan fingerprint density at radius 1 is 1.28 bits per heavy atom. The van der Waals surface area contributed by atoms with Crippen molar-refractivity contribution in [1.82, 2.24) is 4.98 Å². The van der Waals surface area contributed by atoms with Crippen molar-refractivity contribution in [2.24, 2.45) is 0 Å². The first kappa shape index (κ1) is 13.4. The summed E-state index contributed by atoms with van der Waals surface area (Å²) in [6.07, 6.45) is 1.70. The van der Waals surface area contributed by atoms with E-state index in [0.29, 0.717) is 11.8 Å². The van der Waals surface area contributed by atoms with Gasteiger partial charge in [-0.2, -0.15) is 0 Å². The van der Waals surface area contributed by atoms with Crippen LogP contribution in [0.15, 0.2) is 34.9 Å². The van der Waals surface area contributed by atoms with E-state index in [1.807, 2.05) is 25.1 Å². The van der Waals surface area contributed by atoms with Crippen LogP contribution >= 0.6 is 27.5 Å². The number of nitrogens with zero attached hydrogens (tertiary/aromatic N) is 1. The van der Waals surface area contributed by atoms with E-state index in [1.165, 1.54) is 5.56 Å². The Bertz CT molecular complexity index is 572. The van der Waals surface area contributed by atoms with E-state index in [4.69, 9.17) is 16.3 Å². The lowest BCUT2D eigenvalue weighted by Crippen LogP contribution is -1.95. The third-order valence-corrected chi connectivity index (χ3v) is 3.29. The minimum atomic E-state index is 0.368. The molecule has 0 aliphatic heterocycles. The Hall–Kier alpha value is -1.06. The lowest BCUT2D eigenvalue weighted by molar-refractivity contribution is 0.454. The number of alkyl halides is 1. The molecule has 2 rings (SSSR count). The molecule has 0 spiro atoms. The molecule has 1 heterocycles. The van der Waals surface area contributed by atoms with Crippen molar-refractivity contribution < 1.29 is 4.74 Å². The second-order valence-corrected chi connectivity index (χ2v) is 5.31. The Balaban J connectivity index is 2.33. The fourth-order valence-corrected chi connectivity index (χ4v) is 2.24. The Morgan fingerprint density at radius 2 is 2.06 bits per heavy atom. The number of aryl methyl sites for hydroxylation is 2. The maximum atomic E-state index is 5.89. The topological polar surface area (TPSA) is 22.1 Å². The van der Waals surface area contributed by atoms with E-state index in [0.717, 1.165) is 21.3 Å². The molecule has 0 bridgehead atoms. The summed E-state index contributed by atoms with van der Waals surface area (Å²) < 4.78 is 6.72. The van der Waals surface area contributed by atoms with Crippen LogP contribution in [0.2, 0.25) is 0 Å². The highest BCUT2D eigenvalue weighted by Crippen LogP contribution is 2.29. The molecule has 0 atom stereocenters. The van der Waals surface area contributed by atoms with Crippen molar-refractivity contribution in [3.63, 3.8) is 0 Å². The molecule has 0 radical (unpaired) electrons. The highest BCUT2D eigenvalue weighted by atomic mass is 79.9. The van der Waals surface area contributed by atoms with Crippen LogP contribution in [0.1, 0.15) is 16.7 Å². The molecule has 0 unspecified atom stereocenters. The van der Waals surface area contributed by atoms with Gasteiger partial charge in [0.05, 0.1) is 5.88 Å². The van der Waals surface area contributed by atoms with Crippen molar-refractivity contribution in [2.75, 3.05) is 0 Å². The van der Waals surface area contributed by atoms with Gasteiger partial charge in [0, 0.05) is 16.2 Å². The molecule has 18 heavy (non-hydrogen) atoms. The predicted molar refractivity (Wildman–Crippen MR) is 77.5 cm³/mol. The largest absolute Gasteiger partial charge is 0.438 e. The summed E-state index contributed by atoms with van der Waals surface area (Å²) in [5.41, 5.74) is 3.16. The van der Waals surface area contributed by atoms with Gasteiger partial charge < -0.3 is 4.74 Å². The molecular formula is C14H13BrClNO. The molecular weight excluding hydrogens is 314 g/mol. The third kappa shape index (κ3) is 3.03. The standard InChI is InChI=1S/C14H13BrClNO/c1-9-3-4-13(10(2)5-9)18-14-11(7-16)6-12(15)8-17-14/h3-6,8H,7H2,1-2H3. The minimum absolute atomic E-state index is 0.368. The van der Waals surface area contributed by atoms with E-state index in [1.54, 1.807) is 6.20 Å². The maximum Gasteiger partial charge on any atom is 0.223 e. The molecule has 0 aliphatic carbocycles. The Morgan fingerprint density at radius 3 is 2.72 bits per heavy atom. The zero-order valence-corrected chi connectivity index (χ0v) is 12.5. The molecule has 4 heteroatoms. The first-order chi connectivity index (χ1) is 8.60. The molecule has 0 N–H and O–H groups in total. The van der Waals surface area contributed by atoms with Crippen LogP contribution in [0, 0.1) is 13.8 Å². The number of pyridine rings is 1. The number of rotatable bonds is 3. The average molecular weight is 327 g/mol. The van der Waals surface area contributed by atoms with Gasteiger partial charge in [0.15, 0.2) is 0 Å². The summed E-state index contributed by atoms with van der Waals surface area (Å²) in [6, 6.07) is 7.96. The van der Waals surface area contributed by atoms with Crippen LogP contribution in [0.4, 0.5) is 0 Å². The normalized spacial score (nSPS) is 10.4. The van der Waals surface area contributed by atoms with Crippen LogP contribution in [0.5, 0.6) is 11.6 Å². The van der Waals surface area contributed by atoms with Crippen molar-refractivity contribution >= 4 is 27.5 Å². The number of hydrogen-bond acceptors (Lipinski definition) is 2. The first-order valence-corrected chi connectivity index (χ1v) is 6.88. The van der Waals surface area contributed by atoms with E-state index in [2.05, 4.69) is 33.9 Å². The van der Waals surface area contributed by atoms with Crippen molar-refractivity contribution in [1.29, 1.82) is 0 Å². The van der Waals surface area contributed by atoms with Gasteiger partial charge in [-0.15, -0.1) is 11.6 Å². The van der Waals surface area contributed by atoms with Gasteiger partial charge in [0.1, 0.15) is 5.75 Å². The Kier molecular flexibility index (Phi) is 4.25. The number of halogens is 2. The number of ether oxygens (including phenoxy) is 1. The molecule has 0 aliphatic rings. The van der Waals surface area contributed by atoms with Gasteiger partial charge in [-0.05, 0) is 47.5 Å². The van der Waals surface area contributed by atoms with Crippen LogP contribution in [0.25, 0.3) is 0 Å². The summed E-state index contributed by atoms with van der Waals surface area (Å²) >= 11 is 9.26. The summed E-state index contributed by atoms with van der Waals surface area (Å²) in [7, 11) is 0. The summed E-state index contributed by atoms with van der Waals surface area (Å²) in [5.74, 6) is 1.73. The molecule has 0 fully saturated rings. The molecule has 2 nitrogen and oxygen atoms in total. The Labute approximate surface area is 120 Å². The fourth-order valence-electron chi connectivity index (χ4n) is 1.67. The minimum Gasteiger partial charge on any atom is -0.438 e. The summed E-state index contributed by atoms with van der Waals surface area (Å²) in [5, 5.41) is 0. The van der Waals surface area contributed by atoms with Crippen molar-refractivity contribution in [3.8, 4) is 11.6 Å². The van der Waals surface area contributed by atoms with Gasteiger partial charge in [0.25, 0.3) is 0 Å².